The first-order valence-electron chi connectivity index (χ1n) is 10.6. The van der Waals surface area contributed by atoms with E-state index in [9.17, 15) is 9.59 Å². The second-order valence-corrected chi connectivity index (χ2v) is 8.49. The van der Waals surface area contributed by atoms with Crippen LogP contribution < -0.4 is 10.6 Å². The largest absolute Gasteiger partial charge is 0.444 e. The van der Waals surface area contributed by atoms with Gasteiger partial charge in [-0.1, -0.05) is 6.92 Å². The molecule has 2 amide bonds. The molecule has 1 unspecified atom stereocenters. The lowest BCUT2D eigenvalue weighted by Crippen LogP contribution is -2.45. The molecule has 0 aromatic carbocycles. The second kappa shape index (κ2) is 11.8. The Bertz CT molecular complexity index is 575. The highest BCUT2D eigenvalue weighted by Gasteiger charge is 2.35. The number of aliphatic imine (C=N–C) groups is 1. The molecule has 0 bridgehead atoms. The van der Waals surface area contributed by atoms with Crippen LogP contribution in [0, 0.1) is 0 Å². The zero-order chi connectivity index (χ0) is 20.7. The average molecular weight is 523 g/mol. The van der Waals surface area contributed by atoms with Crippen LogP contribution in [0.5, 0.6) is 0 Å². The first kappa shape index (κ1) is 25.8. The maximum atomic E-state index is 12.4. The van der Waals surface area contributed by atoms with Gasteiger partial charge in [0.15, 0.2) is 5.96 Å². The van der Waals surface area contributed by atoms with Gasteiger partial charge in [0.2, 0.25) is 5.91 Å². The zero-order valence-corrected chi connectivity index (χ0v) is 20.8. The van der Waals surface area contributed by atoms with Crippen molar-refractivity contribution >= 4 is 41.9 Å². The minimum absolute atomic E-state index is 0. The second-order valence-electron chi connectivity index (χ2n) is 8.49. The van der Waals surface area contributed by atoms with E-state index in [1.54, 1.807) is 4.90 Å². The molecule has 2 aliphatic rings. The summed E-state index contributed by atoms with van der Waals surface area (Å²) in [7, 11) is 0. The van der Waals surface area contributed by atoms with E-state index in [1.165, 1.54) is 0 Å². The first-order chi connectivity index (χ1) is 13.2. The van der Waals surface area contributed by atoms with E-state index >= 15 is 0 Å². The lowest BCUT2D eigenvalue weighted by Gasteiger charge is -2.27. The van der Waals surface area contributed by atoms with Crippen LogP contribution in [0.25, 0.3) is 0 Å². The number of halogens is 1. The molecule has 1 heterocycles. The number of carbonyl (C=O) groups excluding carboxylic acids is 2. The molecule has 0 spiro atoms. The average Bonchev–Trinajstić information content (AvgIpc) is 3.34. The summed E-state index contributed by atoms with van der Waals surface area (Å²) in [6, 6.07) is 0.489. The molecule has 9 heteroatoms. The number of rotatable bonds is 7. The van der Waals surface area contributed by atoms with Crippen LogP contribution in [-0.4, -0.2) is 78.2 Å². The van der Waals surface area contributed by atoms with E-state index < -0.39 is 5.60 Å². The highest BCUT2D eigenvalue weighted by molar-refractivity contribution is 14.0. The number of carbonyl (C=O) groups is 2. The Labute approximate surface area is 192 Å². The number of hydrogen-bond donors (Lipinski definition) is 2. The molecule has 2 N–H and O–H groups in total. The molecule has 29 heavy (non-hydrogen) atoms. The van der Waals surface area contributed by atoms with Gasteiger partial charge in [0.1, 0.15) is 5.60 Å². The predicted octanol–water partition coefficient (Wildman–Crippen LogP) is 2.57. The predicted molar refractivity (Wildman–Crippen MR) is 126 cm³/mol. The Morgan fingerprint density at radius 1 is 1.21 bits per heavy atom. The minimum atomic E-state index is -0.492. The Kier molecular flexibility index (Phi) is 10.5. The molecule has 2 rings (SSSR count). The van der Waals surface area contributed by atoms with Gasteiger partial charge in [-0.25, -0.2) is 4.79 Å². The SMILES string of the molecule is CCNC(=NCCN(C(=O)OC(C)(C)C)C1CC1)NC1CCN(C(=O)CC)C1.I. The fraction of sp³-hybridized carbons (Fsp3) is 0.850. The topological polar surface area (TPSA) is 86.3 Å². The van der Waals surface area contributed by atoms with Crippen molar-refractivity contribution in [2.45, 2.75) is 78.0 Å². The van der Waals surface area contributed by atoms with Crippen molar-refractivity contribution in [2.24, 2.45) is 4.99 Å². The van der Waals surface area contributed by atoms with Crippen molar-refractivity contribution in [1.82, 2.24) is 20.4 Å². The number of likely N-dealkylation sites (tertiary alicyclic amines) is 1. The van der Waals surface area contributed by atoms with Crippen LogP contribution in [0.2, 0.25) is 0 Å². The van der Waals surface area contributed by atoms with Gasteiger partial charge in [-0.05, 0) is 47.0 Å². The zero-order valence-electron chi connectivity index (χ0n) is 18.5. The molecular formula is C20H38IN5O3. The van der Waals surface area contributed by atoms with Gasteiger partial charge in [0, 0.05) is 44.7 Å². The van der Waals surface area contributed by atoms with Crippen LogP contribution in [0.1, 0.15) is 60.3 Å². The molecule has 1 aliphatic heterocycles. The number of hydrogen-bond acceptors (Lipinski definition) is 4. The third-order valence-electron chi connectivity index (χ3n) is 4.75. The molecule has 1 atom stereocenters. The smallest absolute Gasteiger partial charge is 0.410 e. The summed E-state index contributed by atoms with van der Waals surface area (Å²) >= 11 is 0. The Balaban J connectivity index is 0.00000420. The number of nitrogens with one attached hydrogen (secondary N) is 2. The van der Waals surface area contributed by atoms with Crippen molar-refractivity contribution in [2.75, 3.05) is 32.7 Å². The van der Waals surface area contributed by atoms with E-state index in [-0.39, 0.29) is 48.1 Å². The summed E-state index contributed by atoms with van der Waals surface area (Å²) in [5, 5.41) is 6.68. The number of ether oxygens (including phenoxy) is 1. The van der Waals surface area contributed by atoms with Crippen molar-refractivity contribution < 1.29 is 14.3 Å². The summed E-state index contributed by atoms with van der Waals surface area (Å²) in [6.07, 6.45) is 3.27. The van der Waals surface area contributed by atoms with Gasteiger partial charge in [-0.2, -0.15) is 0 Å². The highest BCUT2D eigenvalue weighted by atomic mass is 127. The maximum absolute atomic E-state index is 12.4. The lowest BCUT2D eigenvalue weighted by molar-refractivity contribution is -0.129. The fourth-order valence-corrected chi connectivity index (χ4v) is 3.24. The van der Waals surface area contributed by atoms with Crippen LogP contribution in [0.4, 0.5) is 4.79 Å². The van der Waals surface area contributed by atoms with E-state index in [0.717, 1.165) is 38.3 Å². The normalized spacial score (nSPS) is 19.4. The molecular weight excluding hydrogens is 485 g/mol. The van der Waals surface area contributed by atoms with Crippen molar-refractivity contribution in [3.05, 3.63) is 0 Å². The quantitative estimate of drug-likeness (QED) is 0.305. The van der Waals surface area contributed by atoms with E-state index in [4.69, 9.17) is 4.74 Å². The lowest BCUT2D eigenvalue weighted by atomic mass is 10.2. The summed E-state index contributed by atoms with van der Waals surface area (Å²) in [5.74, 6) is 0.932. The molecule has 0 aromatic rings. The minimum Gasteiger partial charge on any atom is -0.444 e. The van der Waals surface area contributed by atoms with Crippen molar-refractivity contribution in [3.63, 3.8) is 0 Å². The third kappa shape index (κ3) is 8.96. The summed E-state index contributed by atoms with van der Waals surface area (Å²) in [4.78, 5) is 32.6. The molecule has 1 aliphatic carbocycles. The molecule has 2 fully saturated rings. The number of amides is 2. The van der Waals surface area contributed by atoms with Crippen molar-refractivity contribution in [1.29, 1.82) is 0 Å². The molecule has 0 aromatic heterocycles. The van der Waals surface area contributed by atoms with Crippen LogP contribution >= 0.6 is 24.0 Å². The Morgan fingerprint density at radius 2 is 1.90 bits per heavy atom. The molecule has 8 nitrogen and oxygen atoms in total. The summed E-state index contributed by atoms with van der Waals surface area (Å²) in [6.45, 7) is 12.9. The molecule has 0 radical (unpaired) electrons. The van der Waals surface area contributed by atoms with E-state index in [2.05, 4.69) is 15.6 Å². The van der Waals surface area contributed by atoms with Crippen LogP contribution in [0.15, 0.2) is 4.99 Å². The van der Waals surface area contributed by atoms with Gasteiger partial charge >= 0.3 is 6.09 Å². The van der Waals surface area contributed by atoms with Crippen LogP contribution in [0.3, 0.4) is 0 Å². The van der Waals surface area contributed by atoms with E-state index in [0.29, 0.717) is 26.1 Å². The molecule has 1 saturated carbocycles. The molecule has 1 saturated heterocycles. The Morgan fingerprint density at radius 3 is 2.45 bits per heavy atom. The number of nitrogens with zero attached hydrogens (tertiary/aromatic N) is 3. The van der Waals surface area contributed by atoms with Crippen molar-refractivity contribution in [3.8, 4) is 0 Å². The van der Waals surface area contributed by atoms with Gasteiger partial charge < -0.3 is 25.2 Å². The highest BCUT2D eigenvalue weighted by Crippen LogP contribution is 2.28. The van der Waals surface area contributed by atoms with Gasteiger partial charge in [-0.3, -0.25) is 9.79 Å². The van der Waals surface area contributed by atoms with Gasteiger partial charge in [-0.15, -0.1) is 24.0 Å². The third-order valence-corrected chi connectivity index (χ3v) is 4.75. The van der Waals surface area contributed by atoms with Gasteiger partial charge in [0.05, 0.1) is 6.54 Å². The first-order valence-corrected chi connectivity index (χ1v) is 10.6. The summed E-state index contributed by atoms with van der Waals surface area (Å²) in [5.41, 5.74) is -0.492. The standard InChI is InChI=1S/C20H37N5O3.HI/c1-6-17(26)24-12-10-15(14-24)23-18(21-7-2)22-11-13-25(16-8-9-16)19(27)28-20(3,4)5;/h15-16H,6-14H2,1-5H3,(H2,21,22,23);1H. The number of guanidine groups is 1. The molecule has 168 valence electrons. The van der Waals surface area contributed by atoms with E-state index in [1.807, 2.05) is 39.5 Å². The summed E-state index contributed by atoms with van der Waals surface area (Å²) < 4.78 is 5.53. The Hall–Kier alpha value is -1.26. The van der Waals surface area contributed by atoms with Gasteiger partial charge in [0.25, 0.3) is 0 Å². The van der Waals surface area contributed by atoms with Crippen LogP contribution in [-0.2, 0) is 9.53 Å². The monoisotopic (exact) mass is 523 g/mol. The fourth-order valence-electron chi connectivity index (χ4n) is 3.24. The maximum Gasteiger partial charge on any atom is 0.410 e.